The number of nitrogens with one attached hydrogen (secondary N) is 2. The quantitative estimate of drug-likeness (QED) is 0.493. The molecule has 2 N–H and O–H groups in total. The van der Waals surface area contributed by atoms with Crippen molar-refractivity contribution in [1.82, 2.24) is 10.6 Å². The summed E-state index contributed by atoms with van der Waals surface area (Å²) >= 11 is 0. The van der Waals surface area contributed by atoms with Gasteiger partial charge in [0.05, 0.1) is 0 Å². The van der Waals surface area contributed by atoms with Crippen LogP contribution >= 0.6 is 0 Å². The van der Waals surface area contributed by atoms with Gasteiger partial charge in [-0.2, -0.15) is 0 Å². The zero-order valence-corrected chi connectivity index (χ0v) is 5.54. The monoisotopic (exact) mass is 124 g/mol. The molecule has 0 aromatic carbocycles. The standard InChI is InChI=1S/C7H12N2/c1-2-6-7(3-1)9-5-4-8-6/h8-9H,1-5H2. The van der Waals surface area contributed by atoms with Crippen molar-refractivity contribution in [2.75, 3.05) is 13.1 Å². The first-order valence-electron chi connectivity index (χ1n) is 3.66. The molecular weight excluding hydrogens is 112 g/mol. The van der Waals surface area contributed by atoms with Crippen molar-refractivity contribution in [1.29, 1.82) is 0 Å². The second-order valence-electron chi connectivity index (χ2n) is 2.66. The van der Waals surface area contributed by atoms with E-state index < -0.39 is 0 Å². The second-order valence-corrected chi connectivity index (χ2v) is 2.66. The van der Waals surface area contributed by atoms with E-state index in [-0.39, 0.29) is 0 Å². The molecule has 0 atom stereocenters. The first-order chi connectivity index (χ1) is 4.47. The molecule has 1 aliphatic heterocycles. The zero-order chi connectivity index (χ0) is 6.10. The van der Waals surface area contributed by atoms with Crippen molar-refractivity contribution in [3.8, 4) is 0 Å². The molecule has 0 amide bonds. The summed E-state index contributed by atoms with van der Waals surface area (Å²) in [6, 6.07) is 0. The van der Waals surface area contributed by atoms with Gasteiger partial charge < -0.3 is 10.6 Å². The first-order valence-corrected chi connectivity index (χ1v) is 3.66. The Bertz CT molecular complexity index is 133. The minimum absolute atomic E-state index is 1.11. The van der Waals surface area contributed by atoms with Gasteiger partial charge in [0.2, 0.25) is 0 Å². The van der Waals surface area contributed by atoms with E-state index in [4.69, 9.17) is 0 Å². The lowest BCUT2D eigenvalue weighted by Gasteiger charge is -2.18. The molecule has 0 radical (unpaired) electrons. The summed E-state index contributed by atoms with van der Waals surface area (Å²) in [5.74, 6) is 0. The van der Waals surface area contributed by atoms with E-state index in [1.54, 1.807) is 0 Å². The summed E-state index contributed by atoms with van der Waals surface area (Å²) in [6.45, 7) is 2.22. The lowest BCUT2D eigenvalue weighted by molar-refractivity contribution is 0.650. The summed E-state index contributed by atoms with van der Waals surface area (Å²) in [5, 5.41) is 6.80. The van der Waals surface area contributed by atoms with Gasteiger partial charge in [0.15, 0.2) is 0 Å². The molecule has 50 valence electrons. The van der Waals surface area contributed by atoms with Crippen molar-refractivity contribution in [2.45, 2.75) is 19.3 Å². The van der Waals surface area contributed by atoms with Crippen LogP contribution in [0.25, 0.3) is 0 Å². The Morgan fingerprint density at radius 3 is 2.00 bits per heavy atom. The van der Waals surface area contributed by atoms with E-state index >= 15 is 0 Å². The third-order valence-corrected chi connectivity index (χ3v) is 2.02. The topological polar surface area (TPSA) is 24.1 Å². The molecule has 2 aliphatic rings. The van der Waals surface area contributed by atoms with Gasteiger partial charge in [-0.05, 0) is 19.3 Å². The van der Waals surface area contributed by atoms with Crippen LogP contribution in [0.1, 0.15) is 19.3 Å². The van der Waals surface area contributed by atoms with Gasteiger partial charge in [0.25, 0.3) is 0 Å². The average molecular weight is 124 g/mol. The molecular formula is C7H12N2. The van der Waals surface area contributed by atoms with Crippen LogP contribution in [-0.2, 0) is 0 Å². The molecule has 9 heavy (non-hydrogen) atoms. The highest BCUT2D eigenvalue weighted by Crippen LogP contribution is 2.22. The van der Waals surface area contributed by atoms with Crippen LogP contribution < -0.4 is 10.6 Å². The lowest BCUT2D eigenvalue weighted by Crippen LogP contribution is -2.33. The van der Waals surface area contributed by atoms with E-state index in [2.05, 4.69) is 10.6 Å². The zero-order valence-electron chi connectivity index (χ0n) is 5.54. The summed E-state index contributed by atoms with van der Waals surface area (Å²) in [7, 11) is 0. The van der Waals surface area contributed by atoms with Crippen molar-refractivity contribution in [3.63, 3.8) is 0 Å². The van der Waals surface area contributed by atoms with Crippen molar-refractivity contribution < 1.29 is 0 Å². The summed E-state index contributed by atoms with van der Waals surface area (Å²) in [5.41, 5.74) is 2.95. The molecule has 0 saturated heterocycles. The van der Waals surface area contributed by atoms with Gasteiger partial charge in [-0.15, -0.1) is 0 Å². The Labute approximate surface area is 55.3 Å². The number of allylic oxidation sites excluding steroid dienone is 2. The molecule has 0 saturated carbocycles. The summed E-state index contributed by atoms with van der Waals surface area (Å²) in [4.78, 5) is 0. The highest BCUT2D eigenvalue weighted by Gasteiger charge is 2.15. The molecule has 0 aromatic rings. The van der Waals surface area contributed by atoms with Gasteiger partial charge in [-0.25, -0.2) is 0 Å². The fourth-order valence-electron chi connectivity index (χ4n) is 1.56. The maximum atomic E-state index is 3.40. The maximum absolute atomic E-state index is 3.40. The first kappa shape index (κ1) is 5.15. The second kappa shape index (κ2) is 1.94. The van der Waals surface area contributed by atoms with Gasteiger partial charge in [-0.3, -0.25) is 0 Å². The van der Waals surface area contributed by atoms with Crippen LogP contribution in [0.15, 0.2) is 11.4 Å². The molecule has 1 aliphatic carbocycles. The lowest BCUT2D eigenvalue weighted by atomic mass is 10.3. The van der Waals surface area contributed by atoms with Crippen molar-refractivity contribution in [2.24, 2.45) is 0 Å². The predicted molar refractivity (Wildman–Crippen MR) is 36.9 cm³/mol. The van der Waals surface area contributed by atoms with E-state index in [1.807, 2.05) is 0 Å². The van der Waals surface area contributed by atoms with Crippen LogP contribution in [0.3, 0.4) is 0 Å². The average Bonchev–Trinajstić information content (AvgIpc) is 2.33. The molecule has 0 spiro atoms. The summed E-state index contributed by atoms with van der Waals surface area (Å²) in [6.07, 6.45) is 3.87. The highest BCUT2D eigenvalue weighted by molar-refractivity contribution is 5.18. The van der Waals surface area contributed by atoms with E-state index in [1.165, 1.54) is 30.7 Å². The molecule has 0 bridgehead atoms. The van der Waals surface area contributed by atoms with Crippen LogP contribution in [0.2, 0.25) is 0 Å². The molecule has 2 heteroatoms. The van der Waals surface area contributed by atoms with Crippen molar-refractivity contribution in [3.05, 3.63) is 11.4 Å². The normalized spacial score (nSPS) is 24.9. The minimum atomic E-state index is 1.11. The molecule has 0 aromatic heterocycles. The Balaban J connectivity index is 2.17. The van der Waals surface area contributed by atoms with Crippen LogP contribution in [-0.4, -0.2) is 13.1 Å². The van der Waals surface area contributed by atoms with Gasteiger partial charge >= 0.3 is 0 Å². The van der Waals surface area contributed by atoms with E-state index in [9.17, 15) is 0 Å². The number of hydrogen-bond acceptors (Lipinski definition) is 2. The fraction of sp³-hybridized carbons (Fsp3) is 0.714. The van der Waals surface area contributed by atoms with Crippen LogP contribution in [0.4, 0.5) is 0 Å². The largest absolute Gasteiger partial charge is 0.385 e. The summed E-state index contributed by atoms with van der Waals surface area (Å²) < 4.78 is 0. The molecule has 2 rings (SSSR count). The molecule has 0 unspecified atom stereocenters. The van der Waals surface area contributed by atoms with Crippen LogP contribution in [0.5, 0.6) is 0 Å². The Hall–Kier alpha value is -0.660. The Kier molecular flexibility index (Phi) is 1.11. The predicted octanol–water partition coefficient (Wildman–Crippen LogP) is 0.575. The third-order valence-electron chi connectivity index (χ3n) is 2.02. The molecule has 2 nitrogen and oxygen atoms in total. The van der Waals surface area contributed by atoms with E-state index in [0.29, 0.717) is 0 Å². The third kappa shape index (κ3) is 0.784. The van der Waals surface area contributed by atoms with Crippen LogP contribution in [0, 0.1) is 0 Å². The minimum Gasteiger partial charge on any atom is -0.385 e. The molecule has 1 heterocycles. The van der Waals surface area contributed by atoms with Gasteiger partial charge in [-0.1, -0.05) is 0 Å². The highest BCUT2D eigenvalue weighted by atomic mass is 15.0. The van der Waals surface area contributed by atoms with E-state index in [0.717, 1.165) is 13.1 Å². The maximum Gasteiger partial charge on any atom is 0.0318 e. The number of rotatable bonds is 0. The Morgan fingerprint density at radius 1 is 0.889 bits per heavy atom. The number of hydrogen-bond donors (Lipinski definition) is 2. The SMILES string of the molecule is C1CC2=C(C1)NCCN2. The van der Waals surface area contributed by atoms with Gasteiger partial charge in [0.1, 0.15) is 0 Å². The fourth-order valence-corrected chi connectivity index (χ4v) is 1.56. The van der Waals surface area contributed by atoms with Crippen molar-refractivity contribution >= 4 is 0 Å². The molecule has 0 fully saturated rings. The smallest absolute Gasteiger partial charge is 0.0318 e. The van der Waals surface area contributed by atoms with Gasteiger partial charge in [0, 0.05) is 24.5 Å². The Morgan fingerprint density at radius 2 is 1.44 bits per heavy atom.